The fraction of sp³-hybridized carbons (Fsp3) is 0.867. The Morgan fingerprint density at radius 3 is 2.57 bits per heavy atom. The molecule has 2 rings (SSSR count). The van der Waals surface area contributed by atoms with Gasteiger partial charge in [0.1, 0.15) is 0 Å². The van der Waals surface area contributed by atoms with Gasteiger partial charge >= 0.3 is 12.0 Å². The average Bonchev–Trinajstić information content (AvgIpc) is 2.94. The molecule has 2 aliphatic rings. The number of carboxylic acids is 1. The number of ether oxygens (including phenoxy) is 1. The summed E-state index contributed by atoms with van der Waals surface area (Å²) in [6.07, 6.45) is 3.89. The number of hydrogen-bond donors (Lipinski definition) is 1. The van der Waals surface area contributed by atoms with E-state index in [1.165, 1.54) is 0 Å². The summed E-state index contributed by atoms with van der Waals surface area (Å²) in [6, 6.07) is 0.119. The van der Waals surface area contributed by atoms with Crippen LogP contribution in [0.15, 0.2) is 0 Å². The fourth-order valence-corrected chi connectivity index (χ4v) is 3.38. The molecule has 1 N–H and O–H groups in total. The second-order valence-electron chi connectivity index (χ2n) is 6.23. The highest BCUT2D eigenvalue weighted by Gasteiger charge is 2.31. The van der Waals surface area contributed by atoms with Gasteiger partial charge in [-0.2, -0.15) is 0 Å². The third-order valence-corrected chi connectivity index (χ3v) is 4.51. The number of hydrogen-bond acceptors (Lipinski definition) is 3. The zero-order chi connectivity index (χ0) is 15.2. The lowest BCUT2D eigenvalue weighted by atomic mass is 9.93. The van der Waals surface area contributed by atoms with Crippen molar-refractivity contribution in [1.29, 1.82) is 0 Å². The first-order valence-electron chi connectivity index (χ1n) is 7.84. The zero-order valence-electron chi connectivity index (χ0n) is 12.8. The summed E-state index contributed by atoms with van der Waals surface area (Å²) in [5, 5.41) is 8.77. The minimum atomic E-state index is -0.750. The molecule has 2 saturated heterocycles. The third-order valence-electron chi connectivity index (χ3n) is 4.51. The van der Waals surface area contributed by atoms with E-state index in [1.54, 1.807) is 7.11 Å². The summed E-state index contributed by atoms with van der Waals surface area (Å²) >= 11 is 0. The number of carbonyl (C=O) groups is 2. The standard InChI is InChI=1S/C15H26N2O4/c1-21-11-13-6-8-17(10-13)15(20)16-7-2-3-12(9-16)4-5-14(18)19/h12-13H,2-11H2,1H3,(H,18,19). The molecule has 0 bridgehead atoms. The molecular formula is C15H26N2O4. The number of amides is 2. The molecule has 120 valence electrons. The minimum Gasteiger partial charge on any atom is -0.481 e. The third kappa shape index (κ3) is 4.59. The van der Waals surface area contributed by atoms with Crippen LogP contribution < -0.4 is 0 Å². The highest BCUT2D eigenvalue weighted by atomic mass is 16.5. The van der Waals surface area contributed by atoms with Crippen molar-refractivity contribution in [3.8, 4) is 0 Å². The van der Waals surface area contributed by atoms with Gasteiger partial charge in [-0.05, 0) is 31.6 Å². The highest BCUT2D eigenvalue weighted by molar-refractivity contribution is 5.75. The molecule has 2 atom stereocenters. The van der Waals surface area contributed by atoms with Gasteiger partial charge in [-0.1, -0.05) is 0 Å². The van der Waals surface area contributed by atoms with Crippen molar-refractivity contribution in [3.05, 3.63) is 0 Å². The molecule has 6 heteroatoms. The summed E-state index contributed by atoms with van der Waals surface area (Å²) in [6.45, 7) is 3.81. The predicted octanol–water partition coefficient (Wildman–Crippen LogP) is 1.65. The molecular weight excluding hydrogens is 272 g/mol. The van der Waals surface area contributed by atoms with Gasteiger partial charge in [0.05, 0.1) is 6.61 Å². The van der Waals surface area contributed by atoms with Crippen LogP contribution in [0.25, 0.3) is 0 Å². The van der Waals surface area contributed by atoms with E-state index in [0.717, 1.165) is 38.9 Å². The highest BCUT2D eigenvalue weighted by Crippen LogP contribution is 2.24. The maximum Gasteiger partial charge on any atom is 0.320 e. The van der Waals surface area contributed by atoms with Crippen LogP contribution in [0.4, 0.5) is 4.79 Å². The van der Waals surface area contributed by atoms with Crippen molar-refractivity contribution in [2.75, 3.05) is 39.9 Å². The van der Waals surface area contributed by atoms with Crippen LogP contribution in [0.3, 0.4) is 0 Å². The van der Waals surface area contributed by atoms with Crippen LogP contribution in [-0.2, 0) is 9.53 Å². The quantitative estimate of drug-likeness (QED) is 0.838. The first-order chi connectivity index (χ1) is 10.1. The molecule has 0 saturated carbocycles. The normalized spacial score (nSPS) is 26.1. The molecule has 2 amide bonds. The maximum absolute atomic E-state index is 12.5. The van der Waals surface area contributed by atoms with E-state index in [2.05, 4.69) is 0 Å². The summed E-state index contributed by atoms with van der Waals surface area (Å²) in [7, 11) is 1.70. The molecule has 21 heavy (non-hydrogen) atoms. The number of nitrogens with zero attached hydrogens (tertiary/aromatic N) is 2. The maximum atomic E-state index is 12.5. The van der Waals surface area contributed by atoms with E-state index in [0.29, 0.717) is 31.4 Å². The van der Waals surface area contributed by atoms with E-state index in [-0.39, 0.29) is 12.5 Å². The Labute approximate surface area is 126 Å². The number of carbonyl (C=O) groups excluding carboxylic acids is 1. The van der Waals surface area contributed by atoms with Crippen LogP contribution in [0, 0.1) is 11.8 Å². The van der Waals surface area contributed by atoms with Crippen molar-refractivity contribution in [1.82, 2.24) is 9.80 Å². The monoisotopic (exact) mass is 298 g/mol. The van der Waals surface area contributed by atoms with Crippen LogP contribution >= 0.6 is 0 Å². The number of carboxylic acid groups (broad SMARTS) is 1. The Hall–Kier alpha value is -1.30. The molecule has 2 fully saturated rings. The molecule has 0 aromatic carbocycles. The smallest absolute Gasteiger partial charge is 0.320 e. The fourth-order valence-electron chi connectivity index (χ4n) is 3.38. The molecule has 6 nitrogen and oxygen atoms in total. The van der Waals surface area contributed by atoms with Crippen molar-refractivity contribution in [2.45, 2.75) is 32.1 Å². The second kappa shape index (κ2) is 7.64. The Morgan fingerprint density at radius 2 is 1.86 bits per heavy atom. The Bertz CT molecular complexity index is 375. The van der Waals surface area contributed by atoms with Gasteiger partial charge in [-0.15, -0.1) is 0 Å². The Kier molecular flexibility index (Phi) is 5.85. The van der Waals surface area contributed by atoms with Crippen molar-refractivity contribution >= 4 is 12.0 Å². The van der Waals surface area contributed by atoms with Gasteiger partial charge in [0, 0.05) is 45.6 Å². The molecule has 2 aliphatic heterocycles. The van der Waals surface area contributed by atoms with Gasteiger partial charge < -0.3 is 19.6 Å². The topological polar surface area (TPSA) is 70.1 Å². The molecule has 0 aromatic rings. The number of piperidine rings is 1. The number of aliphatic carboxylic acids is 1. The number of likely N-dealkylation sites (tertiary alicyclic amines) is 2. The average molecular weight is 298 g/mol. The summed E-state index contributed by atoms with van der Waals surface area (Å²) in [5.74, 6) is 0.0307. The van der Waals surface area contributed by atoms with Gasteiger partial charge in [-0.3, -0.25) is 4.79 Å². The van der Waals surface area contributed by atoms with Gasteiger partial charge in [0.2, 0.25) is 0 Å². The molecule has 0 spiro atoms. The van der Waals surface area contributed by atoms with Crippen LogP contribution in [-0.4, -0.2) is 66.8 Å². The minimum absolute atomic E-state index is 0.119. The van der Waals surface area contributed by atoms with E-state index in [9.17, 15) is 9.59 Å². The lowest BCUT2D eigenvalue weighted by molar-refractivity contribution is -0.137. The first kappa shape index (κ1) is 16.1. The molecule has 2 unspecified atom stereocenters. The lowest BCUT2D eigenvalue weighted by Gasteiger charge is -2.35. The van der Waals surface area contributed by atoms with Gasteiger partial charge in [-0.25, -0.2) is 4.79 Å². The van der Waals surface area contributed by atoms with Crippen LogP contribution in [0.2, 0.25) is 0 Å². The van der Waals surface area contributed by atoms with E-state index in [4.69, 9.17) is 9.84 Å². The summed E-state index contributed by atoms with van der Waals surface area (Å²) < 4.78 is 5.16. The number of urea groups is 1. The molecule has 0 aliphatic carbocycles. The van der Waals surface area contributed by atoms with Crippen molar-refractivity contribution in [3.63, 3.8) is 0 Å². The van der Waals surface area contributed by atoms with Crippen molar-refractivity contribution < 1.29 is 19.4 Å². The number of rotatable bonds is 5. The first-order valence-corrected chi connectivity index (χ1v) is 7.84. The zero-order valence-corrected chi connectivity index (χ0v) is 12.8. The van der Waals surface area contributed by atoms with E-state index >= 15 is 0 Å². The SMILES string of the molecule is COCC1CCN(C(=O)N2CCCC(CCC(=O)O)C2)C1. The van der Waals surface area contributed by atoms with Crippen LogP contribution in [0.5, 0.6) is 0 Å². The summed E-state index contributed by atoms with van der Waals surface area (Å²) in [5.41, 5.74) is 0. The van der Waals surface area contributed by atoms with E-state index < -0.39 is 5.97 Å². The lowest BCUT2D eigenvalue weighted by Crippen LogP contribution is -2.47. The summed E-state index contributed by atoms with van der Waals surface area (Å²) in [4.78, 5) is 27.0. The molecule has 0 radical (unpaired) electrons. The van der Waals surface area contributed by atoms with Gasteiger partial charge in [0.25, 0.3) is 0 Å². The van der Waals surface area contributed by atoms with Crippen LogP contribution in [0.1, 0.15) is 32.1 Å². The van der Waals surface area contributed by atoms with Crippen molar-refractivity contribution in [2.24, 2.45) is 11.8 Å². The van der Waals surface area contributed by atoms with Gasteiger partial charge in [0.15, 0.2) is 0 Å². The number of methoxy groups -OCH3 is 1. The largest absolute Gasteiger partial charge is 0.481 e. The Balaban J connectivity index is 1.80. The van der Waals surface area contributed by atoms with E-state index in [1.807, 2.05) is 9.80 Å². The molecule has 0 aromatic heterocycles. The molecule has 2 heterocycles. The Morgan fingerprint density at radius 1 is 1.14 bits per heavy atom. The predicted molar refractivity (Wildman–Crippen MR) is 78.1 cm³/mol. The second-order valence-corrected chi connectivity index (χ2v) is 6.23.